The molecule has 0 aliphatic rings. The van der Waals surface area contributed by atoms with Crippen LogP contribution in [0.25, 0.3) is 0 Å². The van der Waals surface area contributed by atoms with Gasteiger partial charge in [0.25, 0.3) is 0 Å². The molecule has 0 amide bonds. The van der Waals surface area contributed by atoms with E-state index in [1.54, 1.807) is 18.4 Å². The minimum Gasteiger partial charge on any atom is -0.496 e. The second-order valence-corrected chi connectivity index (χ2v) is 6.49. The van der Waals surface area contributed by atoms with E-state index in [1.807, 2.05) is 0 Å². The zero-order chi connectivity index (χ0) is 13.8. The average molecular weight is 340 g/mol. The summed E-state index contributed by atoms with van der Waals surface area (Å²) in [5, 5.41) is 5.64. The molecule has 0 saturated heterocycles. The zero-order valence-electron chi connectivity index (χ0n) is 11.4. The Balaban J connectivity index is 2.05. The highest BCUT2D eigenvalue weighted by Crippen LogP contribution is 2.27. The van der Waals surface area contributed by atoms with Gasteiger partial charge in [-0.05, 0) is 47.5 Å². The van der Waals surface area contributed by atoms with Crippen LogP contribution in [0.3, 0.4) is 0 Å². The highest BCUT2D eigenvalue weighted by atomic mass is 79.9. The number of ether oxygens (including phenoxy) is 1. The quantitative estimate of drug-likeness (QED) is 0.853. The number of nitrogens with one attached hydrogen (secondary N) is 1. The molecular formula is C15H18BrNOS. The Morgan fingerprint density at radius 3 is 2.79 bits per heavy atom. The lowest BCUT2D eigenvalue weighted by molar-refractivity contribution is 0.401. The topological polar surface area (TPSA) is 21.3 Å². The van der Waals surface area contributed by atoms with Crippen LogP contribution in [-0.4, -0.2) is 7.11 Å². The Morgan fingerprint density at radius 1 is 1.37 bits per heavy atom. The number of aryl methyl sites for hydroxylation is 1. The number of hydrogen-bond donors (Lipinski definition) is 1. The summed E-state index contributed by atoms with van der Waals surface area (Å²) < 4.78 is 6.61. The average Bonchev–Trinajstić information content (AvgIpc) is 2.81. The van der Waals surface area contributed by atoms with Crippen LogP contribution in [-0.2, 0) is 6.54 Å². The third kappa shape index (κ3) is 3.81. The van der Waals surface area contributed by atoms with E-state index in [2.05, 4.69) is 64.7 Å². The van der Waals surface area contributed by atoms with Gasteiger partial charge in [-0.1, -0.05) is 12.1 Å². The van der Waals surface area contributed by atoms with Crippen molar-refractivity contribution >= 4 is 27.3 Å². The molecule has 2 rings (SSSR count). The van der Waals surface area contributed by atoms with Crippen LogP contribution in [0.5, 0.6) is 5.75 Å². The Bertz CT molecular complexity index is 553. The van der Waals surface area contributed by atoms with E-state index < -0.39 is 0 Å². The molecule has 2 aromatic rings. The minimum absolute atomic E-state index is 0.261. The normalized spacial score (nSPS) is 12.4. The summed E-state index contributed by atoms with van der Waals surface area (Å²) >= 11 is 5.24. The van der Waals surface area contributed by atoms with Crippen molar-refractivity contribution in [1.29, 1.82) is 0 Å². The van der Waals surface area contributed by atoms with Crippen LogP contribution >= 0.6 is 27.3 Å². The number of methoxy groups -OCH3 is 1. The largest absolute Gasteiger partial charge is 0.496 e. The second kappa shape index (κ2) is 6.55. The Kier molecular flexibility index (Phi) is 5.02. The molecule has 0 aliphatic carbocycles. The molecule has 1 aromatic carbocycles. The fraction of sp³-hybridized carbons (Fsp3) is 0.333. The van der Waals surface area contributed by atoms with Crippen molar-refractivity contribution in [3.63, 3.8) is 0 Å². The first-order valence-electron chi connectivity index (χ1n) is 6.21. The van der Waals surface area contributed by atoms with Crippen LogP contribution in [0.2, 0.25) is 0 Å². The minimum atomic E-state index is 0.261. The highest BCUT2D eigenvalue weighted by molar-refractivity contribution is 9.10. The molecule has 0 spiro atoms. The summed E-state index contributed by atoms with van der Waals surface area (Å²) in [4.78, 5) is 1.32. The molecule has 1 aromatic heterocycles. The van der Waals surface area contributed by atoms with Crippen molar-refractivity contribution in [2.45, 2.75) is 26.4 Å². The molecule has 1 unspecified atom stereocenters. The Labute approximate surface area is 126 Å². The van der Waals surface area contributed by atoms with E-state index in [-0.39, 0.29) is 6.04 Å². The van der Waals surface area contributed by atoms with Gasteiger partial charge >= 0.3 is 0 Å². The van der Waals surface area contributed by atoms with Crippen LogP contribution in [0.15, 0.2) is 34.1 Å². The van der Waals surface area contributed by atoms with Crippen molar-refractivity contribution in [1.82, 2.24) is 5.32 Å². The molecule has 4 heteroatoms. The van der Waals surface area contributed by atoms with Crippen molar-refractivity contribution in [2.75, 3.05) is 7.11 Å². The SMILES string of the molecule is COc1cc(C)ccc1C(C)NCc1cc(Br)cs1. The van der Waals surface area contributed by atoms with E-state index in [9.17, 15) is 0 Å². The Hall–Kier alpha value is -0.840. The second-order valence-electron chi connectivity index (χ2n) is 4.58. The van der Waals surface area contributed by atoms with Gasteiger partial charge in [0.15, 0.2) is 0 Å². The lowest BCUT2D eigenvalue weighted by Crippen LogP contribution is -2.18. The van der Waals surface area contributed by atoms with E-state index >= 15 is 0 Å². The number of benzene rings is 1. The number of thiophene rings is 1. The first kappa shape index (κ1) is 14.6. The molecule has 2 nitrogen and oxygen atoms in total. The first-order valence-corrected chi connectivity index (χ1v) is 7.88. The smallest absolute Gasteiger partial charge is 0.123 e. The van der Waals surface area contributed by atoms with E-state index in [4.69, 9.17) is 4.74 Å². The van der Waals surface area contributed by atoms with Gasteiger partial charge in [-0.3, -0.25) is 0 Å². The molecule has 0 aliphatic heterocycles. The lowest BCUT2D eigenvalue weighted by Gasteiger charge is -2.17. The van der Waals surface area contributed by atoms with Crippen LogP contribution in [0.4, 0.5) is 0 Å². The van der Waals surface area contributed by atoms with Crippen molar-refractivity contribution in [2.24, 2.45) is 0 Å². The summed E-state index contributed by atoms with van der Waals surface area (Å²) in [6.07, 6.45) is 0. The monoisotopic (exact) mass is 339 g/mol. The van der Waals surface area contributed by atoms with Gasteiger partial charge in [0.05, 0.1) is 7.11 Å². The van der Waals surface area contributed by atoms with E-state index in [1.165, 1.54) is 16.0 Å². The molecule has 19 heavy (non-hydrogen) atoms. The maximum absolute atomic E-state index is 5.46. The van der Waals surface area contributed by atoms with Crippen LogP contribution in [0.1, 0.15) is 29.0 Å². The number of rotatable bonds is 5. The van der Waals surface area contributed by atoms with Crippen molar-refractivity contribution in [3.8, 4) is 5.75 Å². The van der Waals surface area contributed by atoms with Gasteiger partial charge in [-0.2, -0.15) is 0 Å². The van der Waals surface area contributed by atoms with Crippen LogP contribution in [0, 0.1) is 6.92 Å². The summed E-state index contributed by atoms with van der Waals surface area (Å²) in [5.41, 5.74) is 2.42. The third-order valence-electron chi connectivity index (χ3n) is 3.06. The van der Waals surface area contributed by atoms with Gasteiger partial charge in [-0.25, -0.2) is 0 Å². The molecule has 0 fully saturated rings. The maximum Gasteiger partial charge on any atom is 0.123 e. The summed E-state index contributed by atoms with van der Waals surface area (Å²) in [6, 6.07) is 8.75. The molecular weight excluding hydrogens is 322 g/mol. The fourth-order valence-electron chi connectivity index (χ4n) is 1.99. The van der Waals surface area contributed by atoms with Crippen molar-refractivity contribution < 1.29 is 4.74 Å². The predicted octanol–water partition coefficient (Wildman–Crippen LogP) is 4.68. The van der Waals surface area contributed by atoms with Crippen molar-refractivity contribution in [3.05, 3.63) is 50.1 Å². The molecule has 0 saturated carbocycles. The van der Waals surface area contributed by atoms with E-state index in [0.29, 0.717) is 0 Å². The zero-order valence-corrected chi connectivity index (χ0v) is 13.8. The van der Waals surface area contributed by atoms with Gasteiger partial charge in [0.2, 0.25) is 0 Å². The maximum atomic E-state index is 5.46. The highest BCUT2D eigenvalue weighted by Gasteiger charge is 2.11. The molecule has 1 N–H and O–H groups in total. The van der Waals surface area contributed by atoms with Crippen LogP contribution < -0.4 is 10.1 Å². The molecule has 0 bridgehead atoms. The molecule has 102 valence electrons. The summed E-state index contributed by atoms with van der Waals surface area (Å²) in [6.45, 7) is 5.11. The number of halogens is 1. The van der Waals surface area contributed by atoms with Gasteiger partial charge in [0, 0.05) is 32.9 Å². The Morgan fingerprint density at radius 2 is 2.16 bits per heavy atom. The molecule has 0 radical (unpaired) electrons. The summed E-state index contributed by atoms with van der Waals surface area (Å²) in [5.74, 6) is 0.951. The standard InChI is InChI=1S/C15H18BrNOS/c1-10-4-5-14(15(6-10)18-3)11(2)17-8-13-7-12(16)9-19-13/h4-7,9,11,17H,8H2,1-3H3. The molecule has 1 heterocycles. The lowest BCUT2D eigenvalue weighted by atomic mass is 10.0. The third-order valence-corrected chi connectivity index (χ3v) is 4.76. The summed E-state index contributed by atoms with van der Waals surface area (Å²) in [7, 11) is 1.72. The van der Waals surface area contributed by atoms with Gasteiger partial charge in [-0.15, -0.1) is 11.3 Å². The van der Waals surface area contributed by atoms with Gasteiger partial charge < -0.3 is 10.1 Å². The molecule has 1 atom stereocenters. The van der Waals surface area contributed by atoms with E-state index in [0.717, 1.165) is 16.8 Å². The fourth-order valence-corrected chi connectivity index (χ4v) is 3.39. The van der Waals surface area contributed by atoms with Gasteiger partial charge in [0.1, 0.15) is 5.75 Å². The number of hydrogen-bond acceptors (Lipinski definition) is 3. The predicted molar refractivity (Wildman–Crippen MR) is 85.0 cm³/mol. The first-order chi connectivity index (χ1) is 9.10.